The van der Waals surface area contributed by atoms with Crippen molar-refractivity contribution in [1.82, 2.24) is 10.2 Å². The number of piperazine rings is 1. The van der Waals surface area contributed by atoms with Crippen LogP contribution < -0.4 is 15.0 Å². The topological polar surface area (TPSA) is 75.6 Å². The first-order valence-electron chi connectivity index (χ1n) is 14.3. The van der Waals surface area contributed by atoms with Gasteiger partial charge in [0.25, 0.3) is 0 Å². The van der Waals surface area contributed by atoms with E-state index in [1.807, 2.05) is 37.3 Å². The number of aliphatic imine (C=N–C) groups is 1. The number of ether oxygens (including phenoxy) is 3. The Hall–Kier alpha value is -2.94. The Kier molecular flexibility index (Phi) is 12.0. The number of carbonyl (C=O) groups excluding carboxylic acids is 1. The van der Waals surface area contributed by atoms with E-state index in [0.717, 1.165) is 93.1 Å². The summed E-state index contributed by atoms with van der Waals surface area (Å²) in [4.78, 5) is 21.2. The van der Waals surface area contributed by atoms with E-state index in [2.05, 4.69) is 32.8 Å². The summed E-state index contributed by atoms with van der Waals surface area (Å²) in [5.74, 6) is 1.36. The maximum Gasteiger partial charge on any atom is 0.410 e. The summed E-state index contributed by atoms with van der Waals surface area (Å²) in [5.41, 5.74) is 4.10. The van der Waals surface area contributed by atoms with Gasteiger partial charge in [0.2, 0.25) is 6.79 Å². The van der Waals surface area contributed by atoms with Crippen LogP contribution in [0.25, 0.3) is 0 Å². The number of allylic oxidation sites excluding steroid dienone is 1. The van der Waals surface area contributed by atoms with Gasteiger partial charge in [-0.2, -0.15) is 0 Å². The number of alkyl carbamates (subject to hydrolysis) is 1. The summed E-state index contributed by atoms with van der Waals surface area (Å²) in [6, 6.07) is 11.8. The Bertz CT molecular complexity index is 1210. The lowest BCUT2D eigenvalue weighted by Gasteiger charge is -2.36. The van der Waals surface area contributed by atoms with Gasteiger partial charge >= 0.3 is 6.09 Å². The molecule has 0 atom stereocenters. The molecule has 0 unspecified atom stereocenters. The second kappa shape index (κ2) is 15.9. The molecular formula is C31H40Cl2N4O4. The Morgan fingerprint density at radius 3 is 2.68 bits per heavy atom. The molecule has 2 aliphatic rings. The molecule has 4 rings (SSSR count). The fourth-order valence-corrected chi connectivity index (χ4v) is 5.26. The van der Waals surface area contributed by atoms with Crippen LogP contribution in [0.1, 0.15) is 44.6 Å². The number of anilines is 1. The molecule has 222 valence electrons. The molecule has 0 radical (unpaired) electrons. The highest BCUT2D eigenvalue weighted by Crippen LogP contribution is 2.33. The summed E-state index contributed by atoms with van der Waals surface area (Å²) in [6.45, 7) is 11.8. The normalized spacial score (nSPS) is 15.1. The summed E-state index contributed by atoms with van der Waals surface area (Å²) in [6.07, 6.45) is 4.73. The molecular weight excluding hydrogens is 563 g/mol. The van der Waals surface area contributed by atoms with E-state index in [4.69, 9.17) is 37.4 Å². The van der Waals surface area contributed by atoms with Crippen LogP contribution in [0, 0.1) is 0 Å². The van der Waals surface area contributed by atoms with Crippen molar-refractivity contribution in [2.75, 3.05) is 57.6 Å². The number of nitrogens with zero attached hydrogens (tertiary/aromatic N) is 3. The molecule has 2 aromatic carbocycles. The van der Waals surface area contributed by atoms with E-state index in [1.165, 1.54) is 0 Å². The average molecular weight is 604 g/mol. The van der Waals surface area contributed by atoms with Crippen LogP contribution in [0.4, 0.5) is 16.2 Å². The van der Waals surface area contributed by atoms with Crippen molar-refractivity contribution in [1.29, 1.82) is 0 Å². The minimum Gasteiger partial charge on any atom is -0.494 e. The molecule has 10 heteroatoms. The van der Waals surface area contributed by atoms with E-state index >= 15 is 0 Å². The van der Waals surface area contributed by atoms with Gasteiger partial charge in [-0.25, -0.2) is 9.79 Å². The lowest BCUT2D eigenvalue weighted by molar-refractivity contribution is 0.0505. The number of fused-ring (bicyclic) bond motifs is 1. The molecule has 2 heterocycles. The van der Waals surface area contributed by atoms with Crippen molar-refractivity contribution in [3.63, 3.8) is 0 Å². The number of rotatable bonds is 13. The molecule has 1 saturated heterocycles. The second-order valence-electron chi connectivity index (χ2n) is 10.4. The van der Waals surface area contributed by atoms with Crippen molar-refractivity contribution in [3.05, 3.63) is 64.2 Å². The molecule has 41 heavy (non-hydrogen) atoms. The molecule has 2 aliphatic heterocycles. The first-order chi connectivity index (χ1) is 19.9. The van der Waals surface area contributed by atoms with E-state index in [-0.39, 0.29) is 6.79 Å². The fourth-order valence-electron chi connectivity index (χ4n) is 4.84. The third-order valence-corrected chi connectivity index (χ3v) is 7.97. The maximum atomic E-state index is 11.8. The Balaban J connectivity index is 1.12. The largest absolute Gasteiger partial charge is 0.494 e. The zero-order chi connectivity index (χ0) is 29.0. The third-order valence-electron chi connectivity index (χ3n) is 7.16. The van der Waals surface area contributed by atoms with Gasteiger partial charge in [0, 0.05) is 45.2 Å². The highest BCUT2D eigenvalue weighted by molar-refractivity contribution is 6.43. The molecule has 0 aliphatic carbocycles. The van der Waals surface area contributed by atoms with Crippen LogP contribution in [0.3, 0.4) is 0 Å². The van der Waals surface area contributed by atoms with Crippen molar-refractivity contribution < 1.29 is 19.0 Å². The quantitative estimate of drug-likeness (QED) is 0.151. The predicted molar refractivity (Wildman–Crippen MR) is 166 cm³/mol. The maximum absolute atomic E-state index is 11.8. The smallest absolute Gasteiger partial charge is 0.410 e. The molecule has 0 spiro atoms. The molecule has 0 aromatic heterocycles. The monoisotopic (exact) mass is 602 g/mol. The van der Waals surface area contributed by atoms with E-state index in [0.29, 0.717) is 35.5 Å². The van der Waals surface area contributed by atoms with Crippen LogP contribution in [0.2, 0.25) is 10.0 Å². The predicted octanol–water partition coefficient (Wildman–Crippen LogP) is 7.01. The van der Waals surface area contributed by atoms with Gasteiger partial charge in [-0.15, -0.1) is 6.58 Å². The molecule has 1 fully saturated rings. The number of hydrogen-bond donors (Lipinski definition) is 1. The lowest BCUT2D eigenvalue weighted by Crippen LogP contribution is -2.46. The molecule has 1 amide bonds. The number of amides is 1. The van der Waals surface area contributed by atoms with Gasteiger partial charge in [-0.3, -0.25) is 4.90 Å². The number of carbonyl (C=O) groups is 1. The molecule has 2 aromatic rings. The van der Waals surface area contributed by atoms with Gasteiger partial charge in [0.1, 0.15) is 5.75 Å². The zero-order valence-corrected chi connectivity index (χ0v) is 25.3. The van der Waals surface area contributed by atoms with Crippen molar-refractivity contribution in [3.8, 4) is 5.75 Å². The van der Waals surface area contributed by atoms with E-state index < -0.39 is 6.09 Å². The van der Waals surface area contributed by atoms with Crippen molar-refractivity contribution >= 4 is 46.6 Å². The van der Waals surface area contributed by atoms with Crippen LogP contribution in [-0.2, 0) is 15.9 Å². The van der Waals surface area contributed by atoms with Gasteiger partial charge in [-0.05, 0) is 69.3 Å². The highest BCUT2D eigenvalue weighted by Gasteiger charge is 2.19. The second-order valence-corrected chi connectivity index (χ2v) is 11.2. The number of benzene rings is 2. The molecule has 8 nitrogen and oxygen atoms in total. The molecule has 1 N–H and O–H groups in total. The Labute approximate surface area is 253 Å². The zero-order valence-electron chi connectivity index (χ0n) is 23.8. The third kappa shape index (κ3) is 9.83. The number of nitrogens with one attached hydrogen (secondary N) is 1. The highest BCUT2D eigenvalue weighted by atomic mass is 35.5. The van der Waals surface area contributed by atoms with Gasteiger partial charge < -0.3 is 24.4 Å². The van der Waals surface area contributed by atoms with Crippen LogP contribution >= 0.6 is 23.2 Å². The molecule has 0 saturated carbocycles. The van der Waals surface area contributed by atoms with Crippen LogP contribution in [0.15, 0.2) is 53.5 Å². The van der Waals surface area contributed by atoms with E-state index in [9.17, 15) is 4.79 Å². The van der Waals surface area contributed by atoms with Crippen LogP contribution in [0.5, 0.6) is 5.75 Å². The van der Waals surface area contributed by atoms with E-state index in [1.54, 1.807) is 0 Å². The van der Waals surface area contributed by atoms with Crippen LogP contribution in [-0.4, -0.2) is 69.6 Å². The average Bonchev–Trinajstić information content (AvgIpc) is 2.97. The first-order valence-corrected chi connectivity index (χ1v) is 15.1. The number of hydrogen-bond acceptors (Lipinski definition) is 7. The summed E-state index contributed by atoms with van der Waals surface area (Å²) in [7, 11) is 0. The summed E-state index contributed by atoms with van der Waals surface area (Å²) < 4.78 is 16.7. The van der Waals surface area contributed by atoms with Gasteiger partial charge in [-0.1, -0.05) is 40.9 Å². The number of unbranched alkanes of at least 4 members (excludes halogenated alkanes) is 1. The first kappa shape index (κ1) is 31.0. The van der Waals surface area contributed by atoms with Crippen molar-refractivity contribution in [2.45, 2.75) is 45.4 Å². The summed E-state index contributed by atoms with van der Waals surface area (Å²) >= 11 is 12.6. The Morgan fingerprint density at radius 1 is 1.05 bits per heavy atom. The van der Waals surface area contributed by atoms with Crippen molar-refractivity contribution in [2.24, 2.45) is 4.99 Å². The number of aryl methyl sites for hydroxylation is 1. The lowest BCUT2D eigenvalue weighted by atomic mass is 10.0. The number of halogens is 2. The Morgan fingerprint density at radius 2 is 1.88 bits per heavy atom. The summed E-state index contributed by atoms with van der Waals surface area (Å²) in [5, 5.41) is 3.94. The fraction of sp³-hybridized carbons (Fsp3) is 0.484. The minimum absolute atomic E-state index is 0.167. The van der Waals surface area contributed by atoms with Gasteiger partial charge in [0.05, 0.1) is 28.0 Å². The molecule has 0 bridgehead atoms. The SMILES string of the molecule is C=C(C)CCCNC(=O)OCOC1=Nc2cc(OCCCCN3CCN(c4cccc(Cl)c4Cl)CC3)ccc2CC1. The van der Waals surface area contributed by atoms with Gasteiger partial charge in [0.15, 0.2) is 5.90 Å². The standard InChI is InChI=1S/C31H40Cl2N4O4/c1-23(2)7-6-14-34-31(38)41-22-40-29-13-11-24-10-12-25(21-27(24)35-29)39-20-4-3-15-36-16-18-37(19-17-36)28-9-5-8-26(32)30(28)33/h5,8-10,12,21H,1,3-4,6-7,11,13-20,22H2,2H3,(H,34,38). The minimum atomic E-state index is -0.496.